The summed E-state index contributed by atoms with van der Waals surface area (Å²) in [6, 6.07) is 4.39. The molecule has 0 bridgehead atoms. The van der Waals surface area contributed by atoms with Crippen LogP contribution in [0.25, 0.3) is 0 Å². The van der Waals surface area contributed by atoms with Gasteiger partial charge in [0, 0.05) is 12.8 Å². The Bertz CT molecular complexity index is 374. The lowest BCUT2D eigenvalue weighted by Gasteiger charge is -2.13. The van der Waals surface area contributed by atoms with Crippen molar-refractivity contribution >= 4 is 11.8 Å². The summed E-state index contributed by atoms with van der Waals surface area (Å²) in [7, 11) is 1.95. The summed E-state index contributed by atoms with van der Waals surface area (Å²) in [5, 5.41) is 14.3. The van der Waals surface area contributed by atoms with Gasteiger partial charge in [0.1, 0.15) is 0 Å². The Kier molecular flexibility index (Phi) is 3.81. The molecule has 0 aliphatic heterocycles. The number of nitrogens with zero attached hydrogens (tertiary/aromatic N) is 3. The van der Waals surface area contributed by atoms with Crippen molar-refractivity contribution in [1.82, 2.24) is 9.78 Å². The van der Waals surface area contributed by atoms with Crippen molar-refractivity contribution in [3.63, 3.8) is 0 Å². The van der Waals surface area contributed by atoms with Crippen LogP contribution < -0.4 is 0 Å². The summed E-state index contributed by atoms with van der Waals surface area (Å²) < 4.78 is 1.89. The number of rotatable bonds is 4. The number of nitriles is 1. The molecule has 1 aromatic heterocycles. The van der Waals surface area contributed by atoms with Gasteiger partial charge in [-0.1, -0.05) is 0 Å². The van der Waals surface area contributed by atoms with E-state index in [1.54, 1.807) is 11.8 Å². The molecule has 0 saturated heterocycles. The molecule has 0 aliphatic carbocycles. The number of thioether (sulfide) groups is 1. The highest BCUT2D eigenvalue weighted by Gasteiger charge is 2.16. The van der Waals surface area contributed by atoms with Crippen molar-refractivity contribution in [3.8, 4) is 6.07 Å². The molecule has 3 nitrogen and oxygen atoms in total. The highest BCUT2D eigenvalue weighted by atomic mass is 32.2. The van der Waals surface area contributed by atoms with E-state index in [0.29, 0.717) is 0 Å². The normalized spacial score (nSPS) is 11.4. The summed E-state index contributed by atoms with van der Waals surface area (Å²) in [4.78, 5) is 0. The highest BCUT2D eigenvalue weighted by Crippen LogP contribution is 2.25. The molecule has 0 spiro atoms. The minimum atomic E-state index is -0.222. The number of hydrogen-bond donors (Lipinski definition) is 0. The van der Waals surface area contributed by atoms with Crippen LogP contribution in [0, 0.1) is 23.7 Å². The zero-order valence-electron chi connectivity index (χ0n) is 9.74. The first-order valence-electron chi connectivity index (χ1n) is 4.99. The van der Waals surface area contributed by atoms with E-state index in [1.165, 1.54) is 5.03 Å². The van der Waals surface area contributed by atoms with Crippen molar-refractivity contribution in [1.29, 1.82) is 5.26 Å². The molecule has 0 saturated carbocycles. The highest BCUT2D eigenvalue weighted by molar-refractivity contribution is 7.99. The van der Waals surface area contributed by atoms with Crippen LogP contribution in [-0.4, -0.2) is 15.5 Å². The average molecular weight is 223 g/mol. The van der Waals surface area contributed by atoms with Gasteiger partial charge in [-0.25, -0.2) is 0 Å². The van der Waals surface area contributed by atoms with Crippen molar-refractivity contribution in [2.45, 2.75) is 32.2 Å². The van der Waals surface area contributed by atoms with Crippen LogP contribution in [0.15, 0.2) is 11.1 Å². The van der Waals surface area contributed by atoms with E-state index in [0.717, 1.165) is 17.9 Å². The second-order valence-electron chi connectivity index (χ2n) is 4.34. The fraction of sp³-hybridized carbons (Fsp3) is 0.636. The third-order valence-corrected chi connectivity index (χ3v) is 3.32. The lowest BCUT2D eigenvalue weighted by Crippen LogP contribution is -2.08. The molecule has 1 rings (SSSR count). The maximum absolute atomic E-state index is 8.87. The van der Waals surface area contributed by atoms with E-state index in [4.69, 9.17) is 5.26 Å². The van der Waals surface area contributed by atoms with E-state index in [2.05, 4.69) is 17.2 Å². The summed E-state index contributed by atoms with van der Waals surface area (Å²) in [6.07, 6.45) is 0.901. The molecule has 0 N–H and O–H groups in total. The molecule has 0 amide bonds. The Morgan fingerprint density at radius 1 is 1.60 bits per heavy atom. The van der Waals surface area contributed by atoms with E-state index < -0.39 is 0 Å². The van der Waals surface area contributed by atoms with E-state index in [1.807, 2.05) is 32.5 Å². The van der Waals surface area contributed by atoms with Gasteiger partial charge in [0.15, 0.2) is 0 Å². The van der Waals surface area contributed by atoms with Gasteiger partial charge in [0.2, 0.25) is 0 Å². The predicted molar refractivity (Wildman–Crippen MR) is 62.7 cm³/mol. The summed E-state index contributed by atoms with van der Waals surface area (Å²) >= 11 is 1.76. The van der Waals surface area contributed by atoms with Crippen LogP contribution in [0.5, 0.6) is 0 Å². The molecular weight excluding hydrogens is 206 g/mol. The van der Waals surface area contributed by atoms with E-state index in [9.17, 15) is 0 Å². The minimum Gasteiger partial charge on any atom is -0.262 e. The SMILES string of the molecule is Cc1cc(SCCC(C)(C)C#N)n(C)n1. The molecule has 82 valence electrons. The molecule has 0 fully saturated rings. The molecule has 15 heavy (non-hydrogen) atoms. The van der Waals surface area contributed by atoms with Crippen LogP contribution >= 0.6 is 11.8 Å². The standard InChI is InChI=1S/C11H17N3S/c1-9-7-10(14(4)13-9)15-6-5-11(2,3)8-12/h7H,5-6H2,1-4H3. The van der Waals surface area contributed by atoms with Crippen LogP contribution in [0.1, 0.15) is 26.0 Å². The Morgan fingerprint density at radius 3 is 2.73 bits per heavy atom. The smallest absolute Gasteiger partial charge is 0.0939 e. The second kappa shape index (κ2) is 4.71. The molecule has 0 atom stereocenters. The lowest BCUT2D eigenvalue weighted by atomic mass is 9.93. The summed E-state index contributed by atoms with van der Waals surface area (Å²) in [5.74, 6) is 0.958. The quantitative estimate of drug-likeness (QED) is 0.737. The Balaban J connectivity index is 2.46. The van der Waals surface area contributed by atoms with Gasteiger partial charge in [-0.05, 0) is 33.3 Å². The molecule has 0 radical (unpaired) electrons. The number of hydrogen-bond acceptors (Lipinski definition) is 3. The minimum absolute atomic E-state index is 0.222. The molecule has 4 heteroatoms. The van der Waals surface area contributed by atoms with Crippen LogP contribution in [0.4, 0.5) is 0 Å². The van der Waals surface area contributed by atoms with E-state index in [-0.39, 0.29) is 5.41 Å². The van der Waals surface area contributed by atoms with Gasteiger partial charge in [-0.15, -0.1) is 11.8 Å². The number of aromatic nitrogens is 2. The van der Waals surface area contributed by atoms with Crippen LogP contribution in [-0.2, 0) is 7.05 Å². The first kappa shape index (κ1) is 12.1. The molecule has 0 unspecified atom stereocenters. The van der Waals surface area contributed by atoms with E-state index >= 15 is 0 Å². The molecule has 1 heterocycles. The fourth-order valence-electron chi connectivity index (χ4n) is 1.19. The average Bonchev–Trinajstić information content (AvgIpc) is 2.45. The second-order valence-corrected chi connectivity index (χ2v) is 5.46. The van der Waals surface area contributed by atoms with Gasteiger partial charge < -0.3 is 0 Å². The maximum atomic E-state index is 8.87. The zero-order chi connectivity index (χ0) is 11.5. The van der Waals surface area contributed by atoms with Crippen molar-refractivity contribution in [2.75, 3.05) is 5.75 Å². The molecule has 0 aliphatic rings. The van der Waals surface area contributed by atoms with Gasteiger partial charge in [-0.3, -0.25) is 4.68 Å². The Labute approximate surface area is 95.5 Å². The monoisotopic (exact) mass is 223 g/mol. The summed E-state index contributed by atoms with van der Waals surface area (Å²) in [6.45, 7) is 5.94. The number of aryl methyl sites for hydroxylation is 2. The Morgan fingerprint density at radius 2 is 2.27 bits per heavy atom. The van der Waals surface area contributed by atoms with Crippen molar-refractivity contribution in [2.24, 2.45) is 12.5 Å². The first-order chi connectivity index (χ1) is 6.94. The van der Waals surface area contributed by atoms with Crippen LogP contribution in [0.2, 0.25) is 0 Å². The third-order valence-electron chi connectivity index (χ3n) is 2.24. The summed E-state index contributed by atoms with van der Waals surface area (Å²) in [5.41, 5.74) is 0.820. The lowest BCUT2D eigenvalue weighted by molar-refractivity contribution is 0.481. The van der Waals surface area contributed by atoms with Gasteiger partial charge in [0.25, 0.3) is 0 Å². The zero-order valence-corrected chi connectivity index (χ0v) is 10.6. The largest absolute Gasteiger partial charge is 0.262 e. The topological polar surface area (TPSA) is 41.6 Å². The Hall–Kier alpha value is -0.950. The maximum Gasteiger partial charge on any atom is 0.0939 e. The first-order valence-corrected chi connectivity index (χ1v) is 5.98. The van der Waals surface area contributed by atoms with Gasteiger partial charge in [0.05, 0.1) is 22.2 Å². The molecule has 1 aromatic rings. The third kappa shape index (κ3) is 3.60. The molecular formula is C11H17N3S. The molecule has 0 aromatic carbocycles. The fourth-order valence-corrected chi connectivity index (χ4v) is 2.49. The van der Waals surface area contributed by atoms with Crippen molar-refractivity contribution in [3.05, 3.63) is 11.8 Å². The van der Waals surface area contributed by atoms with Gasteiger partial charge >= 0.3 is 0 Å². The van der Waals surface area contributed by atoms with Crippen LogP contribution in [0.3, 0.4) is 0 Å². The van der Waals surface area contributed by atoms with Crippen molar-refractivity contribution < 1.29 is 0 Å². The predicted octanol–water partition coefficient (Wildman–Crippen LogP) is 2.76. The van der Waals surface area contributed by atoms with Gasteiger partial charge in [-0.2, -0.15) is 10.4 Å².